The summed E-state index contributed by atoms with van der Waals surface area (Å²) in [7, 11) is 0. The summed E-state index contributed by atoms with van der Waals surface area (Å²) < 4.78 is 1.16. The van der Waals surface area contributed by atoms with Crippen LogP contribution in [0.15, 0.2) is 22.7 Å². The highest BCUT2D eigenvalue weighted by Crippen LogP contribution is 2.29. The number of benzene rings is 1. The van der Waals surface area contributed by atoms with Crippen LogP contribution in [0.2, 0.25) is 0 Å². The topological polar surface area (TPSA) is 15.8 Å². The van der Waals surface area contributed by atoms with Crippen molar-refractivity contribution >= 4 is 26.8 Å². The van der Waals surface area contributed by atoms with Gasteiger partial charge in [0.2, 0.25) is 0 Å². The van der Waals surface area contributed by atoms with E-state index in [0.717, 1.165) is 4.47 Å². The number of aromatic nitrogens is 1. The molecule has 0 atom stereocenters. The lowest BCUT2D eigenvalue weighted by Gasteiger charge is -1.97. The molecule has 0 radical (unpaired) electrons. The summed E-state index contributed by atoms with van der Waals surface area (Å²) in [5.74, 6) is 0. The van der Waals surface area contributed by atoms with Crippen LogP contribution in [0.3, 0.4) is 0 Å². The monoisotopic (exact) mass is 263 g/mol. The maximum atomic E-state index is 3.57. The van der Waals surface area contributed by atoms with Crippen molar-refractivity contribution < 1.29 is 0 Å². The van der Waals surface area contributed by atoms with Gasteiger partial charge in [-0.3, -0.25) is 0 Å². The molecule has 0 spiro atoms. The van der Waals surface area contributed by atoms with Crippen LogP contribution in [0.1, 0.15) is 30.5 Å². The molecule has 1 aliphatic carbocycles. The average Bonchev–Trinajstić information content (AvgIpc) is 2.42. The first-order valence-electron chi connectivity index (χ1n) is 5.63. The number of aryl methyl sites for hydroxylation is 2. The minimum Gasteiger partial charge on any atom is -0.358 e. The van der Waals surface area contributed by atoms with Crippen LogP contribution in [0.5, 0.6) is 0 Å². The SMILES string of the molecule is Brc1ccc2c3c([nH]c2c1)CCCCC3. The minimum atomic E-state index is 1.16. The third-order valence-corrected chi connectivity index (χ3v) is 3.80. The van der Waals surface area contributed by atoms with E-state index in [0.29, 0.717) is 0 Å². The largest absolute Gasteiger partial charge is 0.358 e. The maximum absolute atomic E-state index is 3.57. The zero-order chi connectivity index (χ0) is 10.3. The molecule has 0 aliphatic heterocycles. The highest BCUT2D eigenvalue weighted by Gasteiger charge is 2.13. The highest BCUT2D eigenvalue weighted by molar-refractivity contribution is 9.10. The maximum Gasteiger partial charge on any atom is 0.0470 e. The van der Waals surface area contributed by atoms with Gasteiger partial charge in [-0.15, -0.1) is 0 Å². The van der Waals surface area contributed by atoms with Crippen LogP contribution in [0.4, 0.5) is 0 Å². The molecule has 0 saturated heterocycles. The molecule has 78 valence electrons. The lowest BCUT2D eigenvalue weighted by Crippen LogP contribution is -1.86. The summed E-state index contributed by atoms with van der Waals surface area (Å²) in [4.78, 5) is 3.57. The Morgan fingerprint density at radius 2 is 1.93 bits per heavy atom. The molecular formula is C13H14BrN. The van der Waals surface area contributed by atoms with E-state index in [9.17, 15) is 0 Å². The van der Waals surface area contributed by atoms with Crippen LogP contribution < -0.4 is 0 Å². The van der Waals surface area contributed by atoms with Crippen LogP contribution >= 0.6 is 15.9 Å². The third kappa shape index (κ3) is 1.61. The Morgan fingerprint density at radius 1 is 1.07 bits per heavy atom. The molecule has 1 nitrogen and oxygen atoms in total. The average molecular weight is 264 g/mol. The fourth-order valence-electron chi connectivity index (χ4n) is 2.56. The Bertz CT molecular complexity index is 498. The standard InChI is InChI=1S/C13H14BrN/c14-9-6-7-11-10-4-2-1-3-5-12(10)15-13(11)8-9/h6-8,15H,1-5H2. The molecule has 3 rings (SSSR count). The van der Waals surface area contributed by atoms with Gasteiger partial charge in [-0.2, -0.15) is 0 Å². The second-order valence-electron chi connectivity index (χ2n) is 4.33. The van der Waals surface area contributed by atoms with Crippen molar-refractivity contribution in [2.24, 2.45) is 0 Å². The van der Waals surface area contributed by atoms with Gasteiger partial charge in [0.15, 0.2) is 0 Å². The first kappa shape index (κ1) is 9.46. The van der Waals surface area contributed by atoms with Gasteiger partial charge in [-0.25, -0.2) is 0 Å². The Morgan fingerprint density at radius 3 is 2.87 bits per heavy atom. The third-order valence-electron chi connectivity index (χ3n) is 3.31. The second kappa shape index (κ2) is 3.67. The molecule has 0 amide bonds. The quantitative estimate of drug-likeness (QED) is 0.686. The minimum absolute atomic E-state index is 1.16. The fraction of sp³-hybridized carbons (Fsp3) is 0.385. The number of aromatic amines is 1. The molecule has 0 bridgehead atoms. The zero-order valence-electron chi connectivity index (χ0n) is 8.65. The van der Waals surface area contributed by atoms with Crippen LogP contribution in [0, 0.1) is 0 Å². The van der Waals surface area contributed by atoms with Crippen molar-refractivity contribution in [2.45, 2.75) is 32.1 Å². The van der Waals surface area contributed by atoms with E-state index < -0.39 is 0 Å². The predicted octanol–water partition coefficient (Wildman–Crippen LogP) is 4.20. The van der Waals surface area contributed by atoms with E-state index in [-0.39, 0.29) is 0 Å². The van der Waals surface area contributed by atoms with Crippen molar-refractivity contribution in [3.05, 3.63) is 33.9 Å². The van der Waals surface area contributed by atoms with Gasteiger partial charge in [0.1, 0.15) is 0 Å². The van der Waals surface area contributed by atoms with Gasteiger partial charge in [0.05, 0.1) is 0 Å². The van der Waals surface area contributed by atoms with Crippen LogP contribution in [0.25, 0.3) is 10.9 Å². The highest BCUT2D eigenvalue weighted by atomic mass is 79.9. The Balaban J connectivity index is 2.23. The first-order chi connectivity index (χ1) is 7.34. The molecule has 1 N–H and O–H groups in total. The molecule has 1 aromatic carbocycles. The summed E-state index contributed by atoms with van der Waals surface area (Å²) >= 11 is 3.52. The molecule has 2 heteroatoms. The van der Waals surface area contributed by atoms with Gasteiger partial charge in [0.25, 0.3) is 0 Å². The zero-order valence-corrected chi connectivity index (χ0v) is 10.2. The molecule has 15 heavy (non-hydrogen) atoms. The summed E-state index contributed by atoms with van der Waals surface area (Å²) in [5.41, 5.74) is 4.33. The van der Waals surface area contributed by atoms with Crippen LogP contribution in [-0.2, 0) is 12.8 Å². The number of rotatable bonds is 0. The second-order valence-corrected chi connectivity index (χ2v) is 5.25. The summed E-state index contributed by atoms with van der Waals surface area (Å²) in [6.45, 7) is 0. The van der Waals surface area contributed by atoms with E-state index in [2.05, 4.69) is 39.1 Å². The number of fused-ring (bicyclic) bond motifs is 3. The van der Waals surface area contributed by atoms with Crippen molar-refractivity contribution in [1.82, 2.24) is 4.98 Å². The lowest BCUT2D eigenvalue weighted by molar-refractivity contribution is 0.708. The van der Waals surface area contributed by atoms with Crippen molar-refractivity contribution in [3.63, 3.8) is 0 Å². The van der Waals surface area contributed by atoms with Gasteiger partial charge in [-0.1, -0.05) is 28.4 Å². The number of H-pyrrole nitrogens is 1. The summed E-state index contributed by atoms with van der Waals surface area (Å²) in [6.07, 6.45) is 6.52. The Kier molecular flexibility index (Phi) is 2.32. The first-order valence-corrected chi connectivity index (χ1v) is 6.43. The molecule has 1 heterocycles. The normalized spacial score (nSPS) is 16.3. The number of hydrogen-bond donors (Lipinski definition) is 1. The Labute approximate surface area is 98.0 Å². The number of nitrogens with one attached hydrogen (secondary N) is 1. The van der Waals surface area contributed by atoms with E-state index in [1.165, 1.54) is 48.7 Å². The molecule has 2 aromatic rings. The van der Waals surface area contributed by atoms with E-state index >= 15 is 0 Å². The smallest absolute Gasteiger partial charge is 0.0470 e. The molecule has 1 aromatic heterocycles. The number of halogens is 1. The summed E-state index contributed by atoms with van der Waals surface area (Å²) in [6, 6.07) is 6.56. The van der Waals surface area contributed by atoms with E-state index in [1.807, 2.05) is 0 Å². The lowest BCUT2D eigenvalue weighted by atomic mass is 10.1. The number of hydrogen-bond acceptors (Lipinski definition) is 0. The molecule has 0 saturated carbocycles. The Hall–Kier alpha value is -0.760. The van der Waals surface area contributed by atoms with Crippen molar-refractivity contribution in [1.29, 1.82) is 0 Å². The van der Waals surface area contributed by atoms with Gasteiger partial charge in [-0.05, 0) is 43.4 Å². The molecule has 0 fully saturated rings. The molecular weight excluding hydrogens is 250 g/mol. The van der Waals surface area contributed by atoms with Crippen LogP contribution in [-0.4, -0.2) is 4.98 Å². The van der Waals surface area contributed by atoms with Gasteiger partial charge in [0, 0.05) is 21.1 Å². The van der Waals surface area contributed by atoms with E-state index in [4.69, 9.17) is 0 Å². The van der Waals surface area contributed by atoms with Gasteiger partial charge < -0.3 is 4.98 Å². The summed E-state index contributed by atoms with van der Waals surface area (Å²) in [5, 5.41) is 1.43. The van der Waals surface area contributed by atoms with Crippen molar-refractivity contribution in [3.8, 4) is 0 Å². The molecule has 1 aliphatic rings. The molecule has 0 unspecified atom stereocenters. The van der Waals surface area contributed by atoms with E-state index in [1.54, 1.807) is 5.56 Å². The van der Waals surface area contributed by atoms with Gasteiger partial charge >= 0.3 is 0 Å². The predicted molar refractivity (Wildman–Crippen MR) is 67.3 cm³/mol. The van der Waals surface area contributed by atoms with Crippen molar-refractivity contribution in [2.75, 3.05) is 0 Å². The fourth-order valence-corrected chi connectivity index (χ4v) is 2.92.